The fraction of sp³-hybridized carbons (Fsp3) is 0.188. The quantitative estimate of drug-likeness (QED) is 0.640. The van der Waals surface area contributed by atoms with Crippen molar-refractivity contribution in [2.45, 2.75) is 18.7 Å². The first kappa shape index (κ1) is 16.0. The first-order valence-corrected chi connectivity index (χ1v) is 7.94. The van der Waals surface area contributed by atoms with Gasteiger partial charge in [-0.3, -0.25) is 0 Å². The molecule has 0 atom stereocenters. The van der Waals surface area contributed by atoms with Crippen LogP contribution < -0.4 is 4.18 Å². The molecule has 0 aromatic heterocycles. The molecule has 0 N–H and O–H groups in total. The number of esters is 1. The zero-order valence-electron chi connectivity index (χ0n) is 12.5. The maximum Gasteiger partial charge on any atom is 0.339 e. The van der Waals surface area contributed by atoms with E-state index in [1.54, 1.807) is 31.2 Å². The molecule has 0 aliphatic heterocycles. The van der Waals surface area contributed by atoms with Crippen LogP contribution in [0.15, 0.2) is 47.4 Å². The van der Waals surface area contributed by atoms with Crippen molar-refractivity contribution in [3.05, 3.63) is 59.2 Å². The first-order chi connectivity index (χ1) is 10.3. The Morgan fingerprint density at radius 3 is 2.23 bits per heavy atom. The van der Waals surface area contributed by atoms with Crippen molar-refractivity contribution >= 4 is 16.1 Å². The van der Waals surface area contributed by atoms with E-state index in [1.165, 1.54) is 25.3 Å². The van der Waals surface area contributed by atoms with Crippen molar-refractivity contribution in [2.24, 2.45) is 0 Å². The van der Waals surface area contributed by atoms with Crippen LogP contribution in [-0.2, 0) is 14.9 Å². The number of carbonyl (C=O) groups excluding carboxylic acids is 1. The second-order valence-electron chi connectivity index (χ2n) is 4.82. The van der Waals surface area contributed by atoms with Gasteiger partial charge in [-0.15, -0.1) is 0 Å². The lowest BCUT2D eigenvalue weighted by Gasteiger charge is -2.10. The molecular weight excluding hydrogens is 304 g/mol. The molecule has 5 nitrogen and oxygen atoms in total. The highest BCUT2D eigenvalue weighted by atomic mass is 32.2. The molecule has 0 aliphatic rings. The van der Waals surface area contributed by atoms with Crippen LogP contribution in [0, 0.1) is 13.8 Å². The third-order valence-electron chi connectivity index (χ3n) is 3.11. The summed E-state index contributed by atoms with van der Waals surface area (Å²) in [6, 6.07) is 11.0. The molecule has 0 saturated heterocycles. The van der Waals surface area contributed by atoms with E-state index in [1.807, 2.05) is 6.92 Å². The number of carbonyl (C=O) groups is 1. The van der Waals surface area contributed by atoms with E-state index in [0.717, 1.165) is 5.56 Å². The van der Waals surface area contributed by atoms with Gasteiger partial charge >= 0.3 is 16.1 Å². The van der Waals surface area contributed by atoms with Gasteiger partial charge in [-0.25, -0.2) is 4.79 Å². The van der Waals surface area contributed by atoms with Gasteiger partial charge in [-0.05, 0) is 43.7 Å². The molecule has 0 bridgehead atoms. The van der Waals surface area contributed by atoms with Crippen LogP contribution in [-0.4, -0.2) is 21.5 Å². The van der Waals surface area contributed by atoms with Crippen LogP contribution >= 0.6 is 0 Å². The lowest BCUT2D eigenvalue weighted by atomic mass is 10.1. The second kappa shape index (κ2) is 6.19. The Kier molecular flexibility index (Phi) is 4.51. The van der Waals surface area contributed by atoms with Crippen molar-refractivity contribution in [3.63, 3.8) is 0 Å². The Morgan fingerprint density at radius 2 is 1.64 bits per heavy atom. The molecule has 6 heteroatoms. The highest BCUT2D eigenvalue weighted by molar-refractivity contribution is 7.87. The minimum atomic E-state index is -4.03. The third kappa shape index (κ3) is 3.46. The number of aryl methyl sites for hydroxylation is 2. The molecule has 0 spiro atoms. The molecule has 0 aliphatic carbocycles. The Morgan fingerprint density at radius 1 is 1.00 bits per heavy atom. The van der Waals surface area contributed by atoms with Gasteiger partial charge in [-0.1, -0.05) is 23.8 Å². The fourth-order valence-electron chi connectivity index (χ4n) is 1.88. The molecule has 2 aromatic carbocycles. The molecule has 22 heavy (non-hydrogen) atoms. The number of methoxy groups -OCH3 is 1. The molecule has 0 saturated carbocycles. The van der Waals surface area contributed by atoms with Gasteiger partial charge in [0, 0.05) is 0 Å². The monoisotopic (exact) mass is 320 g/mol. The topological polar surface area (TPSA) is 69.7 Å². The minimum Gasteiger partial charge on any atom is -0.465 e. The van der Waals surface area contributed by atoms with Crippen molar-refractivity contribution in [3.8, 4) is 5.75 Å². The van der Waals surface area contributed by atoms with Crippen LogP contribution in [0.3, 0.4) is 0 Å². The number of hydrogen-bond acceptors (Lipinski definition) is 5. The zero-order valence-corrected chi connectivity index (χ0v) is 13.3. The Hall–Kier alpha value is -2.34. The van der Waals surface area contributed by atoms with Gasteiger partial charge in [0.2, 0.25) is 0 Å². The minimum absolute atomic E-state index is 0.0593. The molecule has 0 heterocycles. The summed E-state index contributed by atoms with van der Waals surface area (Å²) in [5.41, 5.74) is 1.63. The number of hydrogen-bond donors (Lipinski definition) is 0. The zero-order chi connectivity index (χ0) is 16.3. The molecular formula is C16H16O5S. The van der Waals surface area contributed by atoms with Crippen LogP contribution in [0.1, 0.15) is 21.5 Å². The molecule has 2 rings (SSSR count). The van der Waals surface area contributed by atoms with E-state index in [2.05, 4.69) is 4.74 Å². The normalized spacial score (nSPS) is 11.0. The van der Waals surface area contributed by atoms with Gasteiger partial charge in [-0.2, -0.15) is 8.42 Å². The Bertz CT molecular complexity index is 792. The van der Waals surface area contributed by atoms with E-state index < -0.39 is 16.1 Å². The lowest BCUT2D eigenvalue weighted by molar-refractivity contribution is 0.0600. The van der Waals surface area contributed by atoms with Crippen LogP contribution in [0.5, 0.6) is 5.75 Å². The van der Waals surface area contributed by atoms with Crippen LogP contribution in [0.2, 0.25) is 0 Å². The smallest absolute Gasteiger partial charge is 0.339 e. The summed E-state index contributed by atoms with van der Waals surface area (Å²) in [4.78, 5) is 11.5. The molecule has 0 unspecified atom stereocenters. The van der Waals surface area contributed by atoms with E-state index >= 15 is 0 Å². The van der Waals surface area contributed by atoms with Crippen LogP contribution in [0.25, 0.3) is 0 Å². The summed E-state index contributed by atoms with van der Waals surface area (Å²) < 4.78 is 34.5. The SMILES string of the molecule is COC(=O)c1ccc(C)c(S(=O)(=O)Oc2ccc(C)cc2)c1. The summed E-state index contributed by atoms with van der Waals surface area (Å²) in [5, 5.41) is 0. The number of ether oxygens (including phenoxy) is 1. The van der Waals surface area contributed by atoms with E-state index in [9.17, 15) is 13.2 Å². The van der Waals surface area contributed by atoms with Gasteiger partial charge in [0.25, 0.3) is 0 Å². The number of rotatable bonds is 4. The Labute approximate surface area is 129 Å². The average Bonchev–Trinajstić information content (AvgIpc) is 2.49. The molecule has 0 radical (unpaired) electrons. The highest BCUT2D eigenvalue weighted by Crippen LogP contribution is 2.23. The van der Waals surface area contributed by atoms with Crippen molar-refractivity contribution in [1.82, 2.24) is 0 Å². The number of benzene rings is 2. The van der Waals surface area contributed by atoms with Crippen molar-refractivity contribution in [2.75, 3.05) is 7.11 Å². The van der Waals surface area contributed by atoms with E-state index in [4.69, 9.17) is 4.18 Å². The van der Waals surface area contributed by atoms with E-state index in [-0.39, 0.29) is 16.2 Å². The Balaban J connectivity index is 2.40. The summed E-state index contributed by atoms with van der Waals surface area (Å²) in [5.74, 6) is -0.389. The average molecular weight is 320 g/mol. The van der Waals surface area contributed by atoms with Gasteiger partial charge in [0.1, 0.15) is 10.6 Å². The summed E-state index contributed by atoms with van der Waals surface area (Å²) in [7, 11) is -2.79. The summed E-state index contributed by atoms with van der Waals surface area (Å²) >= 11 is 0. The molecule has 0 fully saturated rings. The predicted molar refractivity (Wildman–Crippen MR) is 81.5 cm³/mol. The molecule has 2 aromatic rings. The summed E-state index contributed by atoms with van der Waals surface area (Å²) in [6.07, 6.45) is 0. The largest absolute Gasteiger partial charge is 0.465 e. The van der Waals surface area contributed by atoms with Gasteiger partial charge in [0.15, 0.2) is 0 Å². The maximum absolute atomic E-state index is 12.4. The summed E-state index contributed by atoms with van der Waals surface area (Å²) in [6.45, 7) is 3.52. The second-order valence-corrected chi connectivity index (χ2v) is 6.34. The maximum atomic E-state index is 12.4. The predicted octanol–water partition coefficient (Wildman–Crippen LogP) is 2.86. The van der Waals surface area contributed by atoms with Crippen molar-refractivity contribution < 1.29 is 22.1 Å². The van der Waals surface area contributed by atoms with Gasteiger partial charge in [0.05, 0.1) is 12.7 Å². The van der Waals surface area contributed by atoms with Crippen molar-refractivity contribution in [1.29, 1.82) is 0 Å². The molecule has 116 valence electrons. The lowest BCUT2D eigenvalue weighted by Crippen LogP contribution is -2.13. The standard InChI is InChI=1S/C16H16O5S/c1-11-4-8-14(9-5-11)21-22(18,19)15-10-13(16(17)20-3)7-6-12(15)2/h4-10H,1-3H3. The highest BCUT2D eigenvalue weighted by Gasteiger charge is 2.21. The first-order valence-electron chi connectivity index (χ1n) is 6.53. The van der Waals surface area contributed by atoms with E-state index in [0.29, 0.717) is 5.56 Å². The van der Waals surface area contributed by atoms with Crippen LogP contribution in [0.4, 0.5) is 0 Å². The molecule has 0 amide bonds. The third-order valence-corrected chi connectivity index (χ3v) is 4.50. The van der Waals surface area contributed by atoms with Gasteiger partial charge < -0.3 is 8.92 Å². The fourth-order valence-corrected chi connectivity index (χ4v) is 3.07.